The lowest BCUT2D eigenvalue weighted by Gasteiger charge is -2.43. The van der Waals surface area contributed by atoms with Gasteiger partial charge < -0.3 is 35.8 Å². The van der Waals surface area contributed by atoms with Gasteiger partial charge in [-0.2, -0.15) is 0 Å². The normalized spacial score (nSPS) is 20.7. The van der Waals surface area contributed by atoms with Crippen molar-refractivity contribution in [1.82, 2.24) is 35.4 Å². The van der Waals surface area contributed by atoms with Crippen molar-refractivity contribution in [2.24, 2.45) is 10.8 Å². The number of sulfonamides is 1. The van der Waals surface area contributed by atoms with E-state index in [1.165, 1.54) is 21.8 Å². The van der Waals surface area contributed by atoms with Crippen molar-refractivity contribution in [2.75, 3.05) is 39.5 Å². The molecule has 0 radical (unpaired) electrons. The highest BCUT2D eigenvalue weighted by Crippen LogP contribution is 2.40. The summed E-state index contributed by atoms with van der Waals surface area (Å²) in [6.07, 6.45) is 8.66. The van der Waals surface area contributed by atoms with Crippen molar-refractivity contribution in [3.05, 3.63) is 35.4 Å². The number of ether oxygens (including phenoxy) is 1. The number of hydrogen-bond donors (Lipinski definition) is 4. The SMILES string of the molecule is CCCCNC(=O)CC(CCCC)NC(=O)[C@@H]1C[C@@H](OC(=O)N2CCc3ccccc3C2)CN1C(=O)[C@@H](NC(=O)N[C@H](CN(C)S(C)(=O)=O)C(C)(C)C)C1(C)CCCCC1. The molecule has 2 aliphatic heterocycles. The molecule has 15 nitrogen and oxygen atoms in total. The first-order valence-electron chi connectivity index (χ1n) is 22.1. The summed E-state index contributed by atoms with van der Waals surface area (Å²) in [6, 6.07) is 4.19. The molecule has 0 bridgehead atoms. The van der Waals surface area contributed by atoms with Gasteiger partial charge in [0.2, 0.25) is 27.7 Å². The van der Waals surface area contributed by atoms with E-state index in [9.17, 15) is 27.6 Å². The van der Waals surface area contributed by atoms with Crippen LogP contribution in [0.1, 0.15) is 130 Å². The minimum Gasteiger partial charge on any atom is -0.444 e. The van der Waals surface area contributed by atoms with Crippen LogP contribution in [0.2, 0.25) is 0 Å². The molecule has 338 valence electrons. The standard InChI is InChI=1S/C44H73N7O8S/c1-9-11-20-33(26-37(52)45-24-12-10-2)46-39(53)35-27-34(59-42(56)50-25-21-31-18-14-15-19-32(31)28-50)29-51(35)40(54)38(44(6)22-16-13-17-23-44)48-41(55)47-36(43(3,4)5)30-49(7)60(8,57)58/h14-15,18-19,33-36,38H,9-13,16-17,20-30H2,1-8H3,(H,45,52)(H,46,53)(H2,47,48,55)/t33?,34-,35+,36-,38-/m1/s1. The van der Waals surface area contributed by atoms with Crippen LogP contribution in [0.4, 0.5) is 9.59 Å². The van der Waals surface area contributed by atoms with Crippen LogP contribution in [-0.4, -0.2) is 122 Å². The van der Waals surface area contributed by atoms with Crippen molar-refractivity contribution in [1.29, 1.82) is 0 Å². The Labute approximate surface area is 358 Å². The number of likely N-dealkylation sites (N-methyl/N-ethyl adjacent to an activating group) is 1. The predicted octanol–water partition coefficient (Wildman–Crippen LogP) is 5.08. The van der Waals surface area contributed by atoms with Crippen LogP contribution >= 0.6 is 0 Å². The van der Waals surface area contributed by atoms with Crippen LogP contribution in [-0.2, 0) is 42.1 Å². The van der Waals surface area contributed by atoms with Gasteiger partial charge in [-0.15, -0.1) is 0 Å². The van der Waals surface area contributed by atoms with Gasteiger partial charge >= 0.3 is 12.1 Å². The first-order chi connectivity index (χ1) is 28.2. The van der Waals surface area contributed by atoms with Gasteiger partial charge in [0.1, 0.15) is 18.2 Å². The number of rotatable bonds is 18. The van der Waals surface area contributed by atoms with E-state index in [0.29, 0.717) is 45.3 Å². The average molecular weight is 860 g/mol. The highest BCUT2D eigenvalue weighted by Gasteiger charge is 2.49. The van der Waals surface area contributed by atoms with Gasteiger partial charge in [-0.05, 0) is 54.1 Å². The van der Waals surface area contributed by atoms with E-state index in [2.05, 4.69) is 27.3 Å². The van der Waals surface area contributed by atoms with E-state index in [-0.39, 0.29) is 31.8 Å². The number of likely N-dealkylation sites (tertiary alicyclic amines) is 1. The van der Waals surface area contributed by atoms with E-state index in [1.807, 2.05) is 59.7 Å². The Kier molecular flexibility index (Phi) is 17.7. The predicted molar refractivity (Wildman–Crippen MR) is 232 cm³/mol. The molecule has 4 rings (SSSR count). The fraction of sp³-hybridized carbons (Fsp3) is 0.750. The average Bonchev–Trinajstić information content (AvgIpc) is 3.61. The second-order valence-electron chi connectivity index (χ2n) is 18.7. The lowest BCUT2D eigenvalue weighted by atomic mass is 9.70. The van der Waals surface area contributed by atoms with E-state index < -0.39 is 75.1 Å². The lowest BCUT2D eigenvalue weighted by Crippen LogP contribution is -2.62. The number of hydrogen-bond acceptors (Lipinski definition) is 8. The maximum absolute atomic E-state index is 15.1. The third-order valence-electron chi connectivity index (χ3n) is 12.6. The Morgan fingerprint density at radius 2 is 1.63 bits per heavy atom. The van der Waals surface area contributed by atoms with Crippen LogP contribution in [0.3, 0.4) is 0 Å². The molecule has 6 amide bonds. The second-order valence-corrected chi connectivity index (χ2v) is 20.8. The van der Waals surface area contributed by atoms with Crippen molar-refractivity contribution in [3.63, 3.8) is 0 Å². The second kappa shape index (κ2) is 21.7. The largest absolute Gasteiger partial charge is 0.444 e. The van der Waals surface area contributed by atoms with E-state index in [4.69, 9.17) is 4.74 Å². The maximum Gasteiger partial charge on any atom is 0.410 e. The van der Waals surface area contributed by atoms with Crippen LogP contribution in [0.5, 0.6) is 0 Å². The molecule has 0 aromatic heterocycles. The summed E-state index contributed by atoms with van der Waals surface area (Å²) < 4.78 is 32.0. The number of fused-ring (bicyclic) bond motifs is 1. The van der Waals surface area contributed by atoms with Crippen LogP contribution in [0.25, 0.3) is 0 Å². The zero-order valence-corrected chi connectivity index (χ0v) is 38.3. The summed E-state index contributed by atoms with van der Waals surface area (Å²) in [6.45, 7) is 13.2. The number of unbranched alkanes of at least 4 members (excludes halogenated alkanes) is 2. The quantitative estimate of drug-likeness (QED) is 0.147. The summed E-state index contributed by atoms with van der Waals surface area (Å²) in [7, 11) is -2.08. The molecule has 2 heterocycles. The van der Waals surface area contributed by atoms with Gasteiger partial charge in [-0.25, -0.2) is 22.3 Å². The molecule has 1 aromatic carbocycles. The molecular formula is C44H73N7O8S. The molecule has 16 heteroatoms. The number of carbonyl (C=O) groups excluding carboxylic acids is 5. The number of benzene rings is 1. The first kappa shape index (κ1) is 48.7. The van der Waals surface area contributed by atoms with E-state index in [1.54, 1.807) is 4.90 Å². The number of nitrogens with one attached hydrogen (secondary N) is 4. The molecule has 1 aromatic rings. The molecule has 60 heavy (non-hydrogen) atoms. The highest BCUT2D eigenvalue weighted by atomic mass is 32.2. The zero-order chi connectivity index (χ0) is 44.3. The zero-order valence-electron chi connectivity index (χ0n) is 37.4. The minimum absolute atomic E-state index is 0.0193. The topological polar surface area (TPSA) is 187 Å². The number of urea groups is 1. The monoisotopic (exact) mass is 860 g/mol. The van der Waals surface area contributed by atoms with E-state index in [0.717, 1.165) is 56.8 Å². The summed E-state index contributed by atoms with van der Waals surface area (Å²) in [5.41, 5.74) is 1.02. The smallest absolute Gasteiger partial charge is 0.410 e. The lowest BCUT2D eigenvalue weighted by molar-refractivity contribution is -0.143. The summed E-state index contributed by atoms with van der Waals surface area (Å²) in [5, 5.41) is 12.0. The van der Waals surface area contributed by atoms with Crippen LogP contribution < -0.4 is 21.3 Å². The summed E-state index contributed by atoms with van der Waals surface area (Å²) in [4.78, 5) is 73.4. The number of nitrogens with zero attached hydrogens (tertiary/aromatic N) is 3. The Hall–Kier alpha value is -3.92. The van der Waals surface area contributed by atoms with Crippen molar-refractivity contribution in [2.45, 2.75) is 162 Å². The molecule has 4 N–H and O–H groups in total. The van der Waals surface area contributed by atoms with Crippen LogP contribution in [0.15, 0.2) is 24.3 Å². The van der Waals surface area contributed by atoms with E-state index >= 15 is 4.79 Å². The third kappa shape index (κ3) is 13.8. The van der Waals surface area contributed by atoms with Gasteiger partial charge in [-0.1, -0.05) is 104 Å². The molecule has 1 aliphatic carbocycles. The van der Waals surface area contributed by atoms with Gasteiger partial charge in [0.05, 0.1) is 12.8 Å². The highest BCUT2D eigenvalue weighted by molar-refractivity contribution is 7.88. The van der Waals surface area contributed by atoms with Gasteiger partial charge in [0.15, 0.2) is 0 Å². The third-order valence-corrected chi connectivity index (χ3v) is 13.9. The van der Waals surface area contributed by atoms with Crippen molar-refractivity contribution < 1.29 is 37.1 Å². The summed E-state index contributed by atoms with van der Waals surface area (Å²) in [5.74, 6) is -1.05. The Morgan fingerprint density at radius 3 is 2.27 bits per heavy atom. The molecular weight excluding hydrogens is 787 g/mol. The molecule has 2 fully saturated rings. The molecule has 5 atom stereocenters. The first-order valence-corrected chi connectivity index (χ1v) is 24.0. The molecule has 3 aliphatic rings. The molecule has 0 spiro atoms. The Bertz CT molecular complexity index is 1740. The fourth-order valence-corrected chi connectivity index (χ4v) is 8.94. The van der Waals surface area contributed by atoms with Crippen molar-refractivity contribution in [3.8, 4) is 0 Å². The molecule has 1 saturated heterocycles. The van der Waals surface area contributed by atoms with Gasteiger partial charge in [0, 0.05) is 58.2 Å². The fourth-order valence-electron chi connectivity index (χ4n) is 8.52. The Morgan fingerprint density at radius 1 is 0.967 bits per heavy atom. The molecule has 1 saturated carbocycles. The number of amides is 6. The van der Waals surface area contributed by atoms with Crippen LogP contribution in [0, 0.1) is 10.8 Å². The minimum atomic E-state index is -3.54. The summed E-state index contributed by atoms with van der Waals surface area (Å²) >= 11 is 0. The van der Waals surface area contributed by atoms with Crippen molar-refractivity contribution >= 4 is 39.9 Å². The van der Waals surface area contributed by atoms with Gasteiger partial charge in [-0.3, -0.25) is 14.4 Å². The molecule has 1 unspecified atom stereocenters. The number of carbonyl (C=O) groups is 5. The van der Waals surface area contributed by atoms with Gasteiger partial charge in [0.25, 0.3) is 0 Å². The maximum atomic E-state index is 15.1. The Balaban J connectivity index is 1.63.